The first-order valence-electron chi connectivity index (χ1n) is 3.72. The molecule has 8 heteroatoms. The molecule has 82 valence electrons. The summed E-state index contributed by atoms with van der Waals surface area (Å²) in [6.07, 6.45) is 0. The number of esters is 2. The van der Waals surface area contributed by atoms with Gasteiger partial charge >= 0.3 is 41.5 Å². The van der Waals surface area contributed by atoms with E-state index in [1.54, 1.807) is 0 Å². The molecule has 0 aliphatic heterocycles. The average molecular weight is 254 g/mol. The van der Waals surface area contributed by atoms with Crippen molar-refractivity contribution in [3.8, 4) is 11.5 Å². The molecular formula is C8H7NaO6S. The van der Waals surface area contributed by atoms with Crippen LogP contribution in [0.25, 0.3) is 0 Å². The fourth-order valence-electron chi connectivity index (χ4n) is 0.866. The third kappa shape index (κ3) is 2.67. The van der Waals surface area contributed by atoms with Crippen molar-refractivity contribution in [3.05, 3.63) is 9.75 Å². The van der Waals surface area contributed by atoms with Crippen molar-refractivity contribution < 1.29 is 58.8 Å². The summed E-state index contributed by atoms with van der Waals surface area (Å²) >= 11 is 0.540. The zero-order valence-electron chi connectivity index (χ0n) is 8.90. The third-order valence-corrected chi connectivity index (χ3v) is 2.70. The molecule has 0 unspecified atom stereocenters. The number of ether oxygens (including phenoxy) is 2. The van der Waals surface area contributed by atoms with Crippen molar-refractivity contribution in [3.63, 3.8) is 0 Å². The molecule has 0 saturated heterocycles. The second-order valence-corrected chi connectivity index (χ2v) is 3.44. The Hall–Kier alpha value is -0.760. The van der Waals surface area contributed by atoms with Crippen LogP contribution in [0.1, 0.15) is 19.3 Å². The van der Waals surface area contributed by atoms with Gasteiger partial charge in [0.2, 0.25) is 0 Å². The molecule has 0 atom stereocenters. The van der Waals surface area contributed by atoms with Crippen LogP contribution in [0.5, 0.6) is 11.5 Å². The number of hydrogen-bond donors (Lipinski definition) is 1. The molecule has 0 radical (unpaired) electrons. The Morgan fingerprint density at radius 1 is 1.19 bits per heavy atom. The van der Waals surface area contributed by atoms with Crippen LogP contribution in [-0.4, -0.2) is 31.3 Å². The van der Waals surface area contributed by atoms with Crippen LogP contribution >= 0.6 is 11.3 Å². The maximum absolute atomic E-state index is 11.3. The molecule has 1 heterocycles. The van der Waals surface area contributed by atoms with Gasteiger partial charge in [-0.25, -0.2) is 9.59 Å². The van der Waals surface area contributed by atoms with Crippen molar-refractivity contribution in [2.75, 3.05) is 14.2 Å². The summed E-state index contributed by atoms with van der Waals surface area (Å²) in [6.45, 7) is 0. The van der Waals surface area contributed by atoms with Crippen molar-refractivity contribution in [1.82, 2.24) is 0 Å². The van der Waals surface area contributed by atoms with Gasteiger partial charge in [0.05, 0.1) is 14.2 Å². The van der Waals surface area contributed by atoms with Crippen LogP contribution in [0.4, 0.5) is 0 Å². The van der Waals surface area contributed by atoms with Crippen molar-refractivity contribution in [2.45, 2.75) is 0 Å². The van der Waals surface area contributed by atoms with Crippen LogP contribution in [0.15, 0.2) is 0 Å². The maximum atomic E-state index is 11.3. The van der Waals surface area contributed by atoms with E-state index in [1.807, 2.05) is 0 Å². The molecule has 0 aliphatic rings. The SMILES string of the molecule is COC(=O)c1sc(C(=O)OC)c(O)c1[O-].[Na+]. The molecule has 0 spiro atoms. The van der Waals surface area contributed by atoms with Crippen LogP contribution in [0.3, 0.4) is 0 Å². The number of carbonyl (C=O) groups excluding carboxylic acids is 2. The first-order chi connectivity index (χ1) is 7.02. The number of hydrogen-bond acceptors (Lipinski definition) is 7. The van der Waals surface area contributed by atoms with Crippen molar-refractivity contribution >= 4 is 23.3 Å². The Bertz CT molecular complexity index is 376. The molecule has 0 fully saturated rings. The quantitative estimate of drug-likeness (QED) is 0.449. The summed E-state index contributed by atoms with van der Waals surface area (Å²) in [5.41, 5.74) is 0. The van der Waals surface area contributed by atoms with E-state index < -0.39 is 23.4 Å². The molecule has 1 aromatic rings. The summed E-state index contributed by atoms with van der Waals surface area (Å²) in [6, 6.07) is 0. The molecule has 6 nitrogen and oxygen atoms in total. The summed E-state index contributed by atoms with van der Waals surface area (Å²) in [5.74, 6) is -3.47. The van der Waals surface area contributed by atoms with E-state index in [0.29, 0.717) is 11.3 Å². The molecular weight excluding hydrogens is 247 g/mol. The molecule has 0 bridgehead atoms. The fourth-order valence-corrected chi connectivity index (χ4v) is 1.78. The zero-order chi connectivity index (χ0) is 11.6. The second-order valence-electron chi connectivity index (χ2n) is 2.42. The molecule has 0 aromatic carbocycles. The van der Waals surface area contributed by atoms with E-state index in [2.05, 4.69) is 9.47 Å². The predicted molar refractivity (Wildman–Crippen MR) is 48.1 cm³/mol. The Morgan fingerprint density at radius 2 is 1.62 bits per heavy atom. The molecule has 1 rings (SSSR count). The van der Waals surface area contributed by atoms with Crippen LogP contribution in [0, 0.1) is 0 Å². The number of thiophene rings is 1. The van der Waals surface area contributed by atoms with E-state index in [-0.39, 0.29) is 39.3 Å². The van der Waals surface area contributed by atoms with Gasteiger partial charge in [0.25, 0.3) is 0 Å². The minimum absolute atomic E-state index is 0. The summed E-state index contributed by atoms with van der Waals surface area (Å²) in [5, 5.41) is 20.5. The van der Waals surface area contributed by atoms with E-state index in [0.717, 1.165) is 14.2 Å². The predicted octanol–water partition coefficient (Wildman–Crippen LogP) is -2.90. The second kappa shape index (κ2) is 6.09. The van der Waals surface area contributed by atoms with Gasteiger partial charge in [0.15, 0.2) is 4.88 Å². The summed E-state index contributed by atoms with van der Waals surface area (Å²) in [4.78, 5) is 21.4. The zero-order valence-corrected chi connectivity index (χ0v) is 11.7. The van der Waals surface area contributed by atoms with Crippen molar-refractivity contribution in [1.29, 1.82) is 0 Å². The van der Waals surface area contributed by atoms with Crippen LogP contribution < -0.4 is 34.7 Å². The molecule has 0 saturated carbocycles. The van der Waals surface area contributed by atoms with E-state index >= 15 is 0 Å². The minimum Gasteiger partial charge on any atom is -0.869 e. The largest absolute Gasteiger partial charge is 1.00 e. The third-order valence-electron chi connectivity index (χ3n) is 1.58. The number of methoxy groups -OCH3 is 2. The van der Waals surface area contributed by atoms with Gasteiger partial charge in [-0.2, -0.15) is 0 Å². The topological polar surface area (TPSA) is 95.9 Å². The van der Waals surface area contributed by atoms with Gasteiger partial charge < -0.3 is 19.7 Å². The van der Waals surface area contributed by atoms with Gasteiger partial charge in [-0.05, 0) is 5.75 Å². The van der Waals surface area contributed by atoms with Crippen LogP contribution in [-0.2, 0) is 9.47 Å². The maximum Gasteiger partial charge on any atom is 1.00 e. The normalized spacial score (nSPS) is 9.12. The molecule has 1 aromatic heterocycles. The number of aromatic hydroxyl groups is 1. The Morgan fingerprint density at radius 3 is 2.06 bits per heavy atom. The fraction of sp³-hybridized carbons (Fsp3) is 0.250. The number of carbonyl (C=O) groups is 2. The van der Waals surface area contributed by atoms with Gasteiger partial charge in [-0.3, -0.25) is 0 Å². The minimum atomic E-state index is -0.924. The van der Waals surface area contributed by atoms with E-state index in [1.165, 1.54) is 0 Å². The molecule has 16 heavy (non-hydrogen) atoms. The Kier molecular flexibility index (Phi) is 5.80. The summed E-state index contributed by atoms with van der Waals surface area (Å²) in [7, 11) is 2.19. The molecule has 1 N–H and O–H groups in total. The first kappa shape index (κ1) is 15.2. The van der Waals surface area contributed by atoms with Gasteiger partial charge in [0.1, 0.15) is 10.6 Å². The van der Waals surface area contributed by atoms with Gasteiger partial charge in [0, 0.05) is 0 Å². The van der Waals surface area contributed by atoms with Crippen LogP contribution in [0.2, 0.25) is 0 Å². The monoisotopic (exact) mass is 254 g/mol. The summed E-state index contributed by atoms with van der Waals surface area (Å²) < 4.78 is 8.63. The molecule has 0 aliphatic carbocycles. The Balaban J connectivity index is 0.00000225. The Labute approximate surface area is 117 Å². The number of rotatable bonds is 2. The van der Waals surface area contributed by atoms with Crippen molar-refractivity contribution in [2.24, 2.45) is 0 Å². The average Bonchev–Trinajstić information content (AvgIpc) is 2.54. The van der Waals surface area contributed by atoms with Gasteiger partial charge in [-0.15, -0.1) is 11.3 Å². The van der Waals surface area contributed by atoms with Gasteiger partial charge in [-0.1, -0.05) is 0 Å². The first-order valence-corrected chi connectivity index (χ1v) is 4.54. The molecule has 0 amide bonds. The van der Waals surface area contributed by atoms with E-state index in [4.69, 9.17) is 0 Å². The standard InChI is InChI=1S/C8H8O6S.Na/c1-13-7(11)5-3(9)4(10)6(15-5)8(12)14-2;/h9-10H,1-2H3;/q;+1/p-1. The smallest absolute Gasteiger partial charge is 0.869 e. The van der Waals surface area contributed by atoms with E-state index in [9.17, 15) is 19.8 Å².